The van der Waals surface area contributed by atoms with E-state index in [0.717, 1.165) is 28.2 Å². The second-order valence-corrected chi connectivity index (χ2v) is 6.03. The average Bonchev–Trinajstić information content (AvgIpc) is 2.76. The normalized spacial score (nSPS) is 10.4. The summed E-state index contributed by atoms with van der Waals surface area (Å²) in [4.78, 5) is 0. The molecule has 0 aliphatic rings. The van der Waals surface area contributed by atoms with Crippen LogP contribution < -0.4 is 14.9 Å². The summed E-state index contributed by atoms with van der Waals surface area (Å²) in [6.07, 6.45) is 1.75. The first-order valence-electron chi connectivity index (χ1n) is 8.89. The Hall–Kier alpha value is -3.78. The van der Waals surface area contributed by atoms with Gasteiger partial charge in [-0.15, -0.1) is 0 Å². The van der Waals surface area contributed by atoms with Crippen molar-refractivity contribution in [3.63, 3.8) is 0 Å². The van der Waals surface area contributed by atoms with Crippen LogP contribution in [0.3, 0.4) is 0 Å². The van der Waals surface area contributed by atoms with Crippen LogP contribution in [0.4, 0.5) is 0 Å². The number of nitrogens with zero attached hydrogens (tertiary/aromatic N) is 2. The fourth-order valence-corrected chi connectivity index (χ4v) is 2.67. The molecule has 0 atom stereocenters. The fraction of sp³-hybridized carbons (Fsp3) is 0.130. The molecule has 1 N–H and O–H groups in total. The third-order valence-corrected chi connectivity index (χ3v) is 4.18. The zero-order valence-electron chi connectivity index (χ0n) is 15.6. The summed E-state index contributed by atoms with van der Waals surface area (Å²) in [6.45, 7) is 0.942. The van der Waals surface area contributed by atoms with E-state index in [2.05, 4.69) is 16.6 Å². The molecule has 28 heavy (non-hydrogen) atoms. The monoisotopic (exact) mass is 371 g/mol. The molecule has 0 fully saturated rings. The minimum absolute atomic E-state index is 0.359. The van der Waals surface area contributed by atoms with Crippen LogP contribution in [-0.2, 0) is 13.2 Å². The van der Waals surface area contributed by atoms with Gasteiger partial charge in [0, 0.05) is 11.1 Å². The van der Waals surface area contributed by atoms with Crippen LogP contribution in [-0.4, -0.2) is 13.3 Å². The largest absolute Gasteiger partial charge is 0.496 e. The van der Waals surface area contributed by atoms with Crippen LogP contribution >= 0.6 is 0 Å². The van der Waals surface area contributed by atoms with Gasteiger partial charge in [0.15, 0.2) is 0 Å². The number of para-hydroxylation sites is 1. The average molecular weight is 371 g/mol. The second kappa shape index (κ2) is 9.79. The maximum absolute atomic E-state index is 9.12. The lowest BCUT2D eigenvalue weighted by molar-refractivity contribution is 0.306. The van der Waals surface area contributed by atoms with E-state index < -0.39 is 0 Å². The van der Waals surface area contributed by atoms with Gasteiger partial charge < -0.3 is 14.9 Å². The molecule has 5 heteroatoms. The van der Waals surface area contributed by atoms with Gasteiger partial charge in [-0.2, -0.15) is 10.4 Å². The van der Waals surface area contributed by atoms with Crippen LogP contribution in [0.2, 0.25) is 0 Å². The Morgan fingerprint density at radius 2 is 1.68 bits per heavy atom. The molecule has 0 aromatic heterocycles. The Labute approximate surface area is 164 Å². The van der Waals surface area contributed by atoms with E-state index in [1.165, 1.54) is 0 Å². The van der Waals surface area contributed by atoms with Gasteiger partial charge in [0.1, 0.15) is 18.1 Å². The van der Waals surface area contributed by atoms with Crippen molar-refractivity contribution in [2.75, 3.05) is 7.11 Å². The van der Waals surface area contributed by atoms with Crippen LogP contribution in [0.5, 0.6) is 11.5 Å². The quantitative estimate of drug-likeness (QED) is 0.474. The van der Waals surface area contributed by atoms with E-state index in [-0.39, 0.29) is 0 Å². The van der Waals surface area contributed by atoms with Crippen molar-refractivity contribution in [3.8, 4) is 17.6 Å². The van der Waals surface area contributed by atoms with Crippen molar-refractivity contribution < 1.29 is 9.47 Å². The molecule has 3 aromatic carbocycles. The summed E-state index contributed by atoms with van der Waals surface area (Å²) in [5.74, 6) is 1.58. The molecular formula is C23H21N3O2. The molecule has 0 aliphatic carbocycles. The van der Waals surface area contributed by atoms with E-state index in [9.17, 15) is 0 Å². The summed E-state index contributed by atoms with van der Waals surface area (Å²) in [7, 11) is 1.66. The maximum atomic E-state index is 9.12. The van der Waals surface area contributed by atoms with E-state index in [1.54, 1.807) is 19.4 Å². The smallest absolute Gasteiger partial charge is 0.123 e. The molecule has 0 radical (unpaired) electrons. The molecule has 0 unspecified atom stereocenters. The van der Waals surface area contributed by atoms with E-state index in [0.29, 0.717) is 18.7 Å². The van der Waals surface area contributed by atoms with Crippen molar-refractivity contribution in [1.82, 2.24) is 5.43 Å². The first kappa shape index (κ1) is 19.0. The summed E-state index contributed by atoms with van der Waals surface area (Å²) in [5, 5.41) is 13.4. The Bertz CT molecular complexity index is 976. The standard InChI is InChI=1S/C23H21N3O2/c1-27-23-9-5-4-7-20(23)16-26-25-15-18-10-12-22(13-11-18)28-17-21-8-3-2-6-19(21)14-24/h2-13,15,26H,16-17H2,1H3/b25-15+. The molecule has 0 bridgehead atoms. The van der Waals surface area contributed by atoms with Crippen LogP contribution in [0, 0.1) is 11.3 Å². The molecule has 3 aromatic rings. The lowest BCUT2D eigenvalue weighted by Gasteiger charge is -2.08. The lowest BCUT2D eigenvalue weighted by atomic mass is 10.1. The first-order chi connectivity index (χ1) is 13.8. The molecule has 0 spiro atoms. The number of methoxy groups -OCH3 is 1. The third-order valence-electron chi connectivity index (χ3n) is 4.18. The van der Waals surface area contributed by atoms with Gasteiger partial charge >= 0.3 is 0 Å². The number of nitriles is 1. The minimum atomic E-state index is 0.359. The molecule has 3 rings (SSSR count). The zero-order chi connectivity index (χ0) is 19.6. The highest BCUT2D eigenvalue weighted by atomic mass is 16.5. The number of hydrogen-bond acceptors (Lipinski definition) is 5. The van der Waals surface area contributed by atoms with E-state index in [1.807, 2.05) is 66.7 Å². The van der Waals surface area contributed by atoms with Gasteiger partial charge in [-0.1, -0.05) is 36.4 Å². The number of benzene rings is 3. The molecule has 140 valence electrons. The topological polar surface area (TPSA) is 66.6 Å². The molecule has 0 saturated heterocycles. The summed E-state index contributed by atoms with van der Waals surface area (Å²) >= 11 is 0. The Balaban J connectivity index is 1.51. The van der Waals surface area contributed by atoms with Crippen molar-refractivity contribution in [3.05, 3.63) is 95.1 Å². The Kier molecular flexibility index (Phi) is 6.64. The van der Waals surface area contributed by atoms with E-state index >= 15 is 0 Å². The summed E-state index contributed by atoms with van der Waals surface area (Å²) < 4.78 is 11.1. The Morgan fingerprint density at radius 3 is 2.43 bits per heavy atom. The minimum Gasteiger partial charge on any atom is -0.496 e. The van der Waals surface area contributed by atoms with Crippen LogP contribution in [0.25, 0.3) is 0 Å². The molecular weight excluding hydrogens is 350 g/mol. The Morgan fingerprint density at radius 1 is 0.964 bits per heavy atom. The first-order valence-corrected chi connectivity index (χ1v) is 8.89. The molecule has 0 heterocycles. The van der Waals surface area contributed by atoms with Crippen molar-refractivity contribution in [1.29, 1.82) is 5.26 Å². The van der Waals surface area contributed by atoms with Gasteiger partial charge in [-0.25, -0.2) is 0 Å². The molecule has 5 nitrogen and oxygen atoms in total. The van der Waals surface area contributed by atoms with Crippen molar-refractivity contribution in [2.45, 2.75) is 13.2 Å². The predicted molar refractivity (Wildman–Crippen MR) is 109 cm³/mol. The molecule has 0 aliphatic heterocycles. The van der Waals surface area contributed by atoms with Gasteiger partial charge in [0.2, 0.25) is 0 Å². The van der Waals surface area contributed by atoms with Gasteiger partial charge in [-0.05, 0) is 42.0 Å². The SMILES string of the molecule is COc1ccccc1CN/N=C/c1ccc(OCc2ccccc2C#N)cc1. The van der Waals surface area contributed by atoms with Gasteiger partial charge in [-0.3, -0.25) is 0 Å². The molecule has 0 amide bonds. The highest BCUT2D eigenvalue weighted by Crippen LogP contribution is 2.17. The number of hydrogen-bond donors (Lipinski definition) is 1. The highest BCUT2D eigenvalue weighted by Gasteiger charge is 2.02. The number of hydrazone groups is 1. The van der Waals surface area contributed by atoms with Gasteiger partial charge in [0.25, 0.3) is 0 Å². The highest BCUT2D eigenvalue weighted by molar-refractivity contribution is 5.79. The number of rotatable bonds is 8. The molecule has 0 saturated carbocycles. The van der Waals surface area contributed by atoms with E-state index in [4.69, 9.17) is 14.7 Å². The fourth-order valence-electron chi connectivity index (χ4n) is 2.67. The number of ether oxygens (including phenoxy) is 2. The van der Waals surface area contributed by atoms with Gasteiger partial charge in [0.05, 0.1) is 31.5 Å². The summed E-state index contributed by atoms with van der Waals surface area (Å²) in [5.41, 5.74) is 6.53. The van der Waals surface area contributed by atoms with Crippen LogP contribution in [0.15, 0.2) is 77.9 Å². The van der Waals surface area contributed by atoms with Crippen molar-refractivity contribution in [2.24, 2.45) is 5.10 Å². The summed E-state index contributed by atoms with van der Waals surface area (Å²) in [6, 6.07) is 25.1. The second-order valence-electron chi connectivity index (χ2n) is 6.03. The maximum Gasteiger partial charge on any atom is 0.123 e. The zero-order valence-corrected chi connectivity index (χ0v) is 15.6. The third kappa shape index (κ3) is 5.12. The lowest BCUT2D eigenvalue weighted by Crippen LogP contribution is -2.06. The number of nitrogens with one attached hydrogen (secondary N) is 1. The van der Waals surface area contributed by atoms with Crippen LogP contribution in [0.1, 0.15) is 22.3 Å². The predicted octanol–water partition coefficient (Wildman–Crippen LogP) is 4.27. The van der Waals surface area contributed by atoms with Crippen molar-refractivity contribution >= 4 is 6.21 Å².